The number of rotatable bonds is 8. The molecule has 3 atom stereocenters. The smallest absolute Gasteiger partial charge is 0.311 e. The summed E-state index contributed by atoms with van der Waals surface area (Å²) in [4.78, 5) is 25.3. The van der Waals surface area contributed by atoms with Crippen molar-refractivity contribution in [1.82, 2.24) is 0 Å². The molecule has 1 N–H and O–H groups in total. The summed E-state index contributed by atoms with van der Waals surface area (Å²) in [5.41, 5.74) is 5.20. The van der Waals surface area contributed by atoms with Crippen LogP contribution in [0.5, 0.6) is 11.5 Å². The molecule has 3 unspecified atom stereocenters. The Bertz CT molecular complexity index is 1640. The van der Waals surface area contributed by atoms with E-state index in [1.165, 1.54) is 28.3 Å². The lowest BCUT2D eigenvalue weighted by atomic mass is 9.61. The molecule has 0 saturated heterocycles. The molecule has 0 fully saturated rings. The minimum absolute atomic E-state index is 0.0631. The van der Waals surface area contributed by atoms with Crippen LogP contribution < -0.4 is 9.47 Å². The van der Waals surface area contributed by atoms with Crippen LogP contribution in [0.25, 0.3) is 10.8 Å². The van der Waals surface area contributed by atoms with E-state index in [-0.39, 0.29) is 24.7 Å². The van der Waals surface area contributed by atoms with E-state index in [2.05, 4.69) is 49.4 Å². The second-order valence-electron chi connectivity index (χ2n) is 12.3. The van der Waals surface area contributed by atoms with Gasteiger partial charge >= 0.3 is 11.9 Å². The highest BCUT2D eigenvalue weighted by Gasteiger charge is 2.44. The summed E-state index contributed by atoms with van der Waals surface area (Å²) >= 11 is 0. The number of carboxylic acid groups (broad SMARTS) is 1. The zero-order chi connectivity index (χ0) is 29.3. The molecular formula is C37H38O5. The van der Waals surface area contributed by atoms with Crippen LogP contribution in [0.2, 0.25) is 0 Å². The summed E-state index contributed by atoms with van der Waals surface area (Å²) in [7, 11) is 0. The lowest BCUT2D eigenvalue weighted by Gasteiger charge is -2.42. The van der Waals surface area contributed by atoms with Gasteiger partial charge in [-0.15, -0.1) is 0 Å². The van der Waals surface area contributed by atoms with Crippen molar-refractivity contribution >= 4 is 22.7 Å². The molecule has 5 nitrogen and oxygen atoms in total. The van der Waals surface area contributed by atoms with Crippen molar-refractivity contribution in [1.29, 1.82) is 0 Å². The van der Waals surface area contributed by atoms with E-state index in [1.807, 2.05) is 43.3 Å². The van der Waals surface area contributed by atoms with E-state index in [4.69, 9.17) is 9.47 Å². The minimum atomic E-state index is -0.892. The summed E-state index contributed by atoms with van der Waals surface area (Å²) in [5, 5.41) is 12.3. The van der Waals surface area contributed by atoms with Crippen molar-refractivity contribution in [3.05, 3.63) is 107 Å². The first-order valence-corrected chi connectivity index (χ1v) is 15.1. The Morgan fingerprint density at radius 3 is 2.40 bits per heavy atom. The van der Waals surface area contributed by atoms with Crippen molar-refractivity contribution in [3.8, 4) is 11.5 Å². The van der Waals surface area contributed by atoms with Crippen LogP contribution in [0.4, 0.5) is 0 Å². The van der Waals surface area contributed by atoms with Crippen LogP contribution in [-0.2, 0) is 29.0 Å². The van der Waals surface area contributed by atoms with Crippen molar-refractivity contribution in [3.63, 3.8) is 0 Å². The summed E-state index contributed by atoms with van der Waals surface area (Å²) in [6.07, 6.45) is 4.58. The van der Waals surface area contributed by atoms with Gasteiger partial charge in [0.2, 0.25) is 0 Å². The molecule has 0 amide bonds. The highest BCUT2D eigenvalue weighted by atomic mass is 16.5. The Morgan fingerprint density at radius 2 is 1.57 bits per heavy atom. The maximum atomic E-state index is 13.3. The predicted molar refractivity (Wildman–Crippen MR) is 164 cm³/mol. The van der Waals surface area contributed by atoms with Crippen molar-refractivity contribution < 1.29 is 24.2 Å². The SMILES string of the molecule is CC1CCCc2cc(OC(=O)CC3(CC(=O)O)CCc4cc(OCc5ccc6ccccc6c5)ccc4C3C)ccc21. The molecule has 4 aromatic rings. The fraction of sp³-hybridized carbons (Fsp3) is 0.351. The molecule has 0 saturated carbocycles. The minimum Gasteiger partial charge on any atom is -0.489 e. The standard InChI is InChI=1S/C37H38O5/c1-24-6-5-9-29-20-32(13-14-33(24)29)42-36(40)22-37(21-35(38)39)17-16-30-19-31(12-15-34(30)25(37)2)41-23-26-10-11-27-7-3-4-8-28(27)18-26/h3-4,7-8,10-15,18-20,24-25H,5-6,9,16-17,21-23H2,1-2H3,(H,38,39). The first-order chi connectivity index (χ1) is 20.3. The molecule has 0 bridgehead atoms. The number of carbonyl (C=O) groups is 2. The highest BCUT2D eigenvalue weighted by Crippen LogP contribution is 2.51. The largest absolute Gasteiger partial charge is 0.489 e. The number of aryl methyl sites for hydroxylation is 2. The van der Waals surface area contributed by atoms with E-state index < -0.39 is 11.4 Å². The second kappa shape index (κ2) is 11.6. The number of carboxylic acids is 1. The Morgan fingerprint density at radius 1 is 0.833 bits per heavy atom. The van der Waals surface area contributed by atoms with Crippen molar-refractivity contribution in [2.24, 2.45) is 5.41 Å². The molecule has 2 aliphatic carbocycles. The lowest BCUT2D eigenvalue weighted by Crippen LogP contribution is -2.37. The molecule has 0 heterocycles. The van der Waals surface area contributed by atoms with Crippen LogP contribution in [0.3, 0.4) is 0 Å². The van der Waals surface area contributed by atoms with E-state index in [1.54, 1.807) is 0 Å². The third-order valence-electron chi connectivity index (χ3n) is 9.57. The number of hydrogen-bond acceptors (Lipinski definition) is 4. The third kappa shape index (κ3) is 5.78. The van der Waals surface area contributed by atoms with Gasteiger partial charge in [-0.3, -0.25) is 9.59 Å². The molecule has 42 heavy (non-hydrogen) atoms. The van der Waals surface area contributed by atoms with Gasteiger partial charge in [-0.1, -0.05) is 62.4 Å². The summed E-state index contributed by atoms with van der Waals surface area (Å²) < 4.78 is 12.0. The van der Waals surface area contributed by atoms with Gasteiger partial charge in [-0.2, -0.15) is 0 Å². The zero-order valence-corrected chi connectivity index (χ0v) is 24.4. The van der Waals surface area contributed by atoms with Gasteiger partial charge in [0, 0.05) is 0 Å². The average Bonchev–Trinajstić information content (AvgIpc) is 2.97. The molecule has 0 aromatic heterocycles. The topological polar surface area (TPSA) is 72.8 Å². The molecule has 216 valence electrons. The lowest BCUT2D eigenvalue weighted by molar-refractivity contribution is -0.143. The first-order valence-electron chi connectivity index (χ1n) is 15.1. The van der Waals surface area contributed by atoms with Crippen molar-refractivity contribution in [2.75, 3.05) is 0 Å². The number of ether oxygens (including phenoxy) is 2. The molecule has 0 aliphatic heterocycles. The Hall–Kier alpha value is -4.12. The number of fused-ring (bicyclic) bond motifs is 3. The molecule has 0 spiro atoms. The number of hydrogen-bond donors (Lipinski definition) is 1. The van der Waals surface area contributed by atoms with E-state index in [9.17, 15) is 14.7 Å². The van der Waals surface area contributed by atoms with Gasteiger partial charge in [0.15, 0.2) is 0 Å². The van der Waals surface area contributed by atoms with Crippen molar-refractivity contribution in [2.45, 2.75) is 77.2 Å². The van der Waals surface area contributed by atoms with Gasteiger partial charge in [-0.25, -0.2) is 0 Å². The van der Waals surface area contributed by atoms with Crippen LogP contribution in [-0.4, -0.2) is 17.0 Å². The quantitative estimate of drug-likeness (QED) is 0.173. The molecule has 2 aliphatic rings. The van der Waals surface area contributed by atoms with Crippen LogP contribution in [0.1, 0.15) is 85.6 Å². The van der Waals surface area contributed by atoms with Gasteiger partial charge in [-0.05, 0) is 118 Å². The van der Waals surface area contributed by atoms with Crippen LogP contribution in [0, 0.1) is 5.41 Å². The van der Waals surface area contributed by atoms with E-state index in [0.29, 0.717) is 31.1 Å². The Labute approximate surface area is 247 Å². The predicted octanol–water partition coefficient (Wildman–Crippen LogP) is 8.37. The maximum Gasteiger partial charge on any atom is 0.311 e. The summed E-state index contributed by atoms with van der Waals surface area (Å²) in [5.74, 6) is 0.479. The normalized spacial score (nSPS) is 21.3. The molecule has 6 rings (SSSR count). The van der Waals surface area contributed by atoms with Gasteiger partial charge in [0.1, 0.15) is 18.1 Å². The maximum absolute atomic E-state index is 13.3. The Balaban J connectivity index is 1.16. The monoisotopic (exact) mass is 562 g/mol. The van der Waals surface area contributed by atoms with E-state index in [0.717, 1.165) is 35.3 Å². The van der Waals surface area contributed by atoms with E-state index >= 15 is 0 Å². The summed E-state index contributed by atoms with van der Waals surface area (Å²) in [6, 6.07) is 26.7. The van der Waals surface area contributed by atoms with Gasteiger partial charge in [0.25, 0.3) is 0 Å². The van der Waals surface area contributed by atoms with Gasteiger partial charge < -0.3 is 14.6 Å². The fourth-order valence-corrected chi connectivity index (χ4v) is 7.13. The Kier molecular flexibility index (Phi) is 7.76. The molecule has 5 heteroatoms. The third-order valence-corrected chi connectivity index (χ3v) is 9.57. The van der Waals surface area contributed by atoms with Crippen LogP contribution in [0.15, 0.2) is 78.9 Å². The average molecular weight is 563 g/mol. The van der Waals surface area contributed by atoms with Crippen LogP contribution >= 0.6 is 0 Å². The van der Waals surface area contributed by atoms with Gasteiger partial charge in [0.05, 0.1) is 12.8 Å². The number of esters is 1. The molecular weight excluding hydrogens is 524 g/mol. The number of aliphatic carboxylic acids is 1. The summed E-state index contributed by atoms with van der Waals surface area (Å²) in [6.45, 7) is 4.75. The fourth-order valence-electron chi connectivity index (χ4n) is 7.13. The number of carbonyl (C=O) groups excluding carboxylic acids is 1. The molecule has 0 radical (unpaired) electrons. The zero-order valence-electron chi connectivity index (χ0n) is 24.4. The molecule has 4 aromatic carbocycles. The first kappa shape index (κ1) is 28.0. The highest BCUT2D eigenvalue weighted by molar-refractivity contribution is 5.83. The second-order valence-corrected chi connectivity index (χ2v) is 12.3. The number of benzene rings is 4.